The zero-order valence-electron chi connectivity index (χ0n) is 13.3. The Morgan fingerprint density at radius 1 is 1.00 bits per heavy atom. The molecule has 0 spiro atoms. The Balaban J connectivity index is 1.69. The molecule has 6 heteroatoms. The molecule has 0 aliphatic carbocycles. The maximum atomic E-state index is 11.1. The van der Waals surface area contributed by atoms with Crippen LogP contribution in [0.5, 0.6) is 0 Å². The molecular weight excluding hydrogens is 340 g/mol. The van der Waals surface area contributed by atoms with Crippen LogP contribution in [-0.4, -0.2) is 26.2 Å². The standard InChI is InChI=1S/C18H18N2O2S2/c1-24(21,22)19-12-11-14-7-9-15(10-8-14)17-13-23-18(20-17)16-5-3-2-4-6-16/h2-10,13,19H,11-12H2,1H3. The number of nitrogens with one attached hydrogen (secondary N) is 1. The smallest absolute Gasteiger partial charge is 0.208 e. The normalized spacial score (nSPS) is 11.5. The molecule has 3 rings (SSSR count). The quantitative estimate of drug-likeness (QED) is 0.733. The number of hydrogen-bond donors (Lipinski definition) is 1. The second kappa shape index (κ2) is 7.25. The van der Waals surface area contributed by atoms with Gasteiger partial charge in [0.25, 0.3) is 0 Å². The van der Waals surface area contributed by atoms with E-state index in [2.05, 4.69) is 22.2 Å². The van der Waals surface area contributed by atoms with E-state index < -0.39 is 10.0 Å². The van der Waals surface area contributed by atoms with Crippen LogP contribution in [0.4, 0.5) is 0 Å². The molecule has 1 N–H and O–H groups in total. The van der Waals surface area contributed by atoms with Crippen LogP contribution in [0.25, 0.3) is 21.8 Å². The lowest BCUT2D eigenvalue weighted by Gasteiger charge is -2.04. The van der Waals surface area contributed by atoms with Gasteiger partial charge in [-0.25, -0.2) is 18.1 Å². The van der Waals surface area contributed by atoms with Gasteiger partial charge >= 0.3 is 0 Å². The number of benzene rings is 2. The lowest BCUT2D eigenvalue weighted by molar-refractivity contribution is 0.588. The van der Waals surface area contributed by atoms with E-state index >= 15 is 0 Å². The first-order valence-electron chi connectivity index (χ1n) is 7.56. The molecule has 2 aromatic carbocycles. The highest BCUT2D eigenvalue weighted by molar-refractivity contribution is 7.88. The lowest BCUT2D eigenvalue weighted by atomic mass is 10.1. The third-order valence-electron chi connectivity index (χ3n) is 3.55. The minimum Gasteiger partial charge on any atom is -0.236 e. The average molecular weight is 358 g/mol. The Bertz CT molecular complexity index is 902. The van der Waals surface area contributed by atoms with Gasteiger partial charge in [-0.3, -0.25) is 0 Å². The summed E-state index contributed by atoms with van der Waals surface area (Å²) in [6, 6.07) is 18.2. The summed E-state index contributed by atoms with van der Waals surface area (Å²) in [7, 11) is -3.13. The highest BCUT2D eigenvalue weighted by Gasteiger charge is 2.07. The van der Waals surface area contributed by atoms with Crippen LogP contribution >= 0.6 is 11.3 Å². The van der Waals surface area contributed by atoms with Gasteiger partial charge in [0.1, 0.15) is 5.01 Å². The maximum Gasteiger partial charge on any atom is 0.208 e. The molecule has 0 radical (unpaired) electrons. The summed E-state index contributed by atoms with van der Waals surface area (Å²) in [4.78, 5) is 4.70. The minimum atomic E-state index is -3.13. The van der Waals surface area contributed by atoms with Crippen LogP contribution in [-0.2, 0) is 16.4 Å². The second-order valence-electron chi connectivity index (χ2n) is 5.52. The Hall–Kier alpha value is -2.02. The van der Waals surface area contributed by atoms with Crippen molar-refractivity contribution in [1.29, 1.82) is 0 Å². The van der Waals surface area contributed by atoms with Gasteiger partial charge in [-0.2, -0.15) is 0 Å². The zero-order valence-corrected chi connectivity index (χ0v) is 14.9. The first kappa shape index (κ1) is 16.8. The van der Waals surface area contributed by atoms with Gasteiger partial charge < -0.3 is 0 Å². The molecule has 0 saturated carbocycles. The van der Waals surface area contributed by atoms with Crippen molar-refractivity contribution in [2.45, 2.75) is 6.42 Å². The van der Waals surface area contributed by atoms with Crippen molar-refractivity contribution >= 4 is 21.4 Å². The third-order valence-corrected chi connectivity index (χ3v) is 5.17. The molecule has 4 nitrogen and oxygen atoms in total. The largest absolute Gasteiger partial charge is 0.236 e. The number of rotatable bonds is 6. The van der Waals surface area contributed by atoms with Crippen LogP contribution in [0.15, 0.2) is 60.0 Å². The van der Waals surface area contributed by atoms with Crippen LogP contribution in [0.2, 0.25) is 0 Å². The lowest BCUT2D eigenvalue weighted by Crippen LogP contribution is -2.24. The van der Waals surface area contributed by atoms with Crippen molar-refractivity contribution in [2.24, 2.45) is 0 Å². The van der Waals surface area contributed by atoms with Crippen molar-refractivity contribution in [3.05, 3.63) is 65.5 Å². The summed E-state index contributed by atoms with van der Waals surface area (Å²) in [5.41, 5.74) is 4.23. The Labute approximate surface area is 146 Å². The van der Waals surface area contributed by atoms with E-state index in [1.165, 1.54) is 6.26 Å². The summed E-state index contributed by atoms with van der Waals surface area (Å²) in [6.45, 7) is 0.410. The van der Waals surface area contributed by atoms with Crippen LogP contribution in [0.1, 0.15) is 5.56 Å². The number of sulfonamides is 1. The summed E-state index contributed by atoms with van der Waals surface area (Å²) in [6.07, 6.45) is 1.84. The summed E-state index contributed by atoms with van der Waals surface area (Å²) in [5, 5.41) is 3.06. The van der Waals surface area contributed by atoms with Crippen molar-refractivity contribution in [1.82, 2.24) is 9.71 Å². The third kappa shape index (κ3) is 4.50. The predicted molar refractivity (Wildman–Crippen MR) is 99.5 cm³/mol. The molecule has 0 fully saturated rings. The molecule has 1 heterocycles. The van der Waals surface area contributed by atoms with E-state index in [0.717, 1.165) is 27.4 Å². The molecule has 0 saturated heterocycles. The fourth-order valence-corrected chi connectivity index (χ4v) is 3.65. The van der Waals surface area contributed by atoms with Crippen LogP contribution in [0.3, 0.4) is 0 Å². The molecule has 1 aromatic heterocycles. The predicted octanol–water partition coefficient (Wildman–Crippen LogP) is 3.57. The molecule has 0 aliphatic rings. The highest BCUT2D eigenvalue weighted by Crippen LogP contribution is 2.28. The Kier molecular flexibility index (Phi) is 5.08. The first-order chi connectivity index (χ1) is 11.5. The van der Waals surface area contributed by atoms with Gasteiger partial charge in [0, 0.05) is 23.1 Å². The monoisotopic (exact) mass is 358 g/mol. The molecule has 0 bridgehead atoms. The highest BCUT2D eigenvalue weighted by atomic mass is 32.2. The Morgan fingerprint density at radius 2 is 1.71 bits per heavy atom. The number of thiazole rings is 1. The first-order valence-corrected chi connectivity index (χ1v) is 10.3. The van der Waals surface area contributed by atoms with Crippen molar-refractivity contribution in [3.8, 4) is 21.8 Å². The van der Waals surface area contributed by atoms with Crippen molar-refractivity contribution < 1.29 is 8.42 Å². The van der Waals surface area contributed by atoms with E-state index in [0.29, 0.717) is 13.0 Å². The molecular formula is C18H18N2O2S2. The fourth-order valence-electron chi connectivity index (χ4n) is 2.34. The summed E-state index contributed by atoms with van der Waals surface area (Å²) < 4.78 is 24.6. The second-order valence-corrected chi connectivity index (χ2v) is 8.21. The topological polar surface area (TPSA) is 59.1 Å². The van der Waals surface area contributed by atoms with E-state index in [-0.39, 0.29) is 0 Å². The van der Waals surface area contributed by atoms with Gasteiger partial charge in [-0.15, -0.1) is 11.3 Å². The zero-order chi connectivity index (χ0) is 17.0. The van der Waals surface area contributed by atoms with Gasteiger partial charge in [0.2, 0.25) is 10.0 Å². The molecule has 3 aromatic rings. The molecule has 24 heavy (non-hydrogen) atoms. The van der Waals surface area contributed by atoms with Crippen LogP contribution < -0.4 is 4.72 Å². The van der Waals surface area contributed by atoms with E-state index in [1.807, 2.05) is 42.5 Å². The molecule has 0 atom stereocenters. The van der Waals surface area contributed by atoms with E-state index in [9.17, 15) is 8.42 Å². The van der Waals surface area contributed by atoms with Crippen molar-refractivity contribution in [3.63, 3.8) is 0 Å². The molecule has 124 valence electrons. The summed E-state index contributed by atoms with van der Waals surface area (Å²) >= 11 is 1.63. The van der Waals surface area contributed by atoms with Crippen LogP contribution in [0, 0.1) is 0 Å². The number of hydrogen-bond acceptors (Lipinski definition) is 4. The Morgan fingerprint density at radius 3 is 2.38 bits per heavy atom. The SMILES string of the molecule is CS(=O)(=O)NCCc1ccc(-c2csc(-c3ccccc3)n2)cc1. The van der Waals surface area contributed by atoms with Crippen molar-refractivity contribution in [2.75, 3.05) is 12.8 Å². The van der Waals surface area contributed by atoms with Gasteiger partial charge in [0.15, 0.2) is 0 Å². The molecule has 0 amide bonds. The average Bonchev–Trinajstić information content (AvgIpc) is 3.05. The minimum absolute atomic E-state index is 0.410. The summed E-state index contributed by atoms with van der Waals surface area (Å²) in [5.74, 6) is 0. The maximum absolute atomic E-state index is 11.1. The molecule has 0 aliphatic heterocycles. The van der Waals surface area contributed by atoms with Gasteiger partial charge in [-0.1, -0.05) is 54.6 Å². The number of aromatic nitrogens is 1. The van der Waals surface area contributed by atoms with Gasteiger partial charge in [-0.05, 0) is 12.0 Å². The van der Waals surface area contributed by atoms with E-state index in [1.54, 1.807) is 11.3 Å². The van der Waals surface area contributed by atoms with E-state index in [4.69, 9.17) is 4.98 Å². The fraction of sp³-hybridized carbons (Fsp3) is 0.167. The van der Waals surface area contributed by atoms with Gasteiger partial charge in [0.05, 0.1) is 11.9 Å². The molecule has 0 unspecified atom stereocenters. The number of nitrogens with zero attached hydrogens (tertiary/aromatic N) is 1.